The van der Waals surface area contributed by atoms with Crippen molar-refractivity contribution in [2.45, 2.75) is 39.2 Å². The van der Waals surface area contributed by atoms with Crippen LogP contribution in [0.1, 0.15) is 41.6 Å². The van der Waals surface area contributed by atoms with Crippen LogP contribution in [0.4, 0.5) is 5.13 Å². The molecule has 2 atom stereocenters. The zero-order chi connectivity index (χ0) is 12.4. The Labute approximate surface area is 105 Å². The number of aromatic nitrogens is 1. The Morgan fingerprint density at radius 1 is 1.53 bits per heavy atom. The van der Waals surface area contributed by atoms with Gasteiger partial charge in [0.05, 0.1) is 7.11 Å². The Morgan fingerprint density at radius 3 is 2.88 bits per heavy atom. The van der Waals surface area contributed by atoms with Crippen LogP contribution in [-0.4, -0.2) is 24.1 Å². The van der Waals surface area contributed by atoms with Crippen LogP contribution >= 0.6 is 11.3 Å². The molecule has 17 heavy (non-hydrogen) atoms. The topological polar surface area (TPSA) is 51.2 Å². The van der Waals surface area contributed by atoms with Crippen molar-refractivity contribution >= 4 is 22.4 Å². The summed E-state index contributed by atoms with van der Waals surface area (Å²) < 4.78 is 4.69. The second-order valence-electron chi connectivity index (χ2n) is 4.67. The Bertz CT molecular complexity index is 417. The van der Waals surface area contributed by atoms with Crippen LogP contribution in [0.3, 0.4) is 0 Å². The van der Waals surface area contributed by atoms with E-state index >= 15 is 0 Å². The van der Waals surface area contributed by atoms with Gasteiger partial charge in [0.15, 0.2) is 10.8 Å². The lowest BCUT2D eigenvalue weighted by molar-refractivity contribution is 0.0594. The Balaban J connectivity index is 2.05. The number of ether oxygens (including phenoxy) is 1. The minimum Gasteiger partial charge on any atom is -0.464 e. The molecule has 0 spiro atoms. The standard InChI is InChI=1S/C12H18N2O2S/c1-7-4-5-9(6-7)13-12-14-10(8(2)17-12)11(15)16-3/h7,9H,4-6H2,1-3H3,(H,13,14). The van der Waals surface area contributed by atoms with E-state index in [-0.39, 0.29) is 5.97 Å². The predicted molar refractivity (Wildman–Crippen MR) is 68.6 cm³/mol. The highest BCUT2D eigenvalue weighted by Crippen LogP contribution is 2.30. The first-order chi connectivity index (χ1) is 8.10. The third kappa shape index (κ3) is 2.77. The molecule has 0 aliphatic heterocycles. The van der Waals surface area contributed by atoms with E-state index in [9.17, 15) is 4.79 Å². The van der Waals surface area contributed by atoms with E-state index in [1.54, 1.807) is 0 Å². The number of carbonyl (C=O) groups is 1. The maximum atomic E-state index is 11.4. The number of hydrogen-bond acceptors (Lipinski definition) is 5. The maximum Gasteiger partial charge on any atom is 0.357 e. The average Bonchev–Trinajstić information content (AvgIpc) is 2.85. The van der Waals surface area contributed by atoms with Crippen molar-refractivity contribution in [1.82, 2.24) is 4.98 Å². The van der Waals surface area contributed by atoms with Gasteiger partial charge < -0.3 is 10.1 Å². The largest absolute Gasteiger partial charge is 0.464 e. The summed E-state index contributed by atoms with van der Waals surface area (Å²) in [6, 6.07) is 0.501. The number of nitrogens with zero attached hydrogens (tertiary/aromatic N) is 1. The summed E-state index contributed by atoms with van der Waals surface area (Å²) in [5, 5.41) is 4.25. The van der Waals surface area contributed by atoms with Crippen LogP contribution in [0.2, 0.25) is 0 Å². The molecule has 0 radical (unpaired) electrons. The lowest BCUT2D eigenvalue weighted by Gasteiger charge is -2.10. The van der Waals surface area contributed by atoms with Gasteiger partial charge in [-0.15, -0.1) is 11.3 Å². The molecule has 2 rings (SSSR count). The van der Waals surface area contributed by atoms with Crippen LogP contribution < -0.4 is 5.32 Å². The molecule has 1 fully saturated rings. The number of hydrogen-bond donors (Lipinski definition) is 1. The van der Waals surface area contributed by atoms with Crippen LogP contribution in [0, 0.1) is 12.8 Å². The number of thiazole rings is 1. The van der Waals surface area contributed by atoms with E-state index in [0.717, 1.165) is 15.9 Å². The van der Waals surface area contributed by atoms with E-state index in [0.29, 0.717) is 11.7 Å². The highest BCUT2D eigenvalue weighted by Gasteiger charge is 2.23. The number of anilines is 1. The smallest absolute Gasteiger partial charge is 0.357 e. The summed E-state index contributed by atoms with van der Waals surface area (Å²) >= 11 is 1.52. The monoisotopic (exact) mass is 254 g/mol. The normalized spacial score (nSPS) is 23.7. The van der Waals surface area contributed by atoms with Crippen LogP contribution in [0.15, 0.2) is 0 Å². The number of rotatable bonds is 3. The SMILES string of the molecule is COC(=O)c1nc(NC2CCC(C)C2)sc1C. The van der Waals surface area contributed by atoms with E-state index in [4.69, 9.17) is 4.74 Å². The highest BCUT2D eigenvalue weighted by atomic mass is 32.1. The van der Waals surface area contributed by atoms with Crippen molar-refractivity contribution in [3.8, 4) is 0 Å². The molecule has 2 unspecified atom stereocenters. The number of esters is 1. The molecule has 0 saturated heterocycles. The third-order valence-electron chi connectivity index (χ3n) is 3.20. The van der Waals surface area contributed by atoms with Crippen LogP contribution in [0.25, 0.3) is 0 Å². The molecule has 4 nitrogen and oxygen atoms in total. The van der Waals surface area contributed by atoms with Crippen molar-refractivity contribution in [3.05, 3.63) is 10.6 Å². The minimum absolute atomic E-state index is 0.355. The van der Waals surface area contributed by atoms with Crippen molar-refractivity contribution in [1.29, 1.82) is 0 Å². The van der Waals surface area contributed by atoms with Gasteiger partial charge in [0, 0.05) is 10.9 Å². The summed E-state index contributed by atoms with van der Waals surface area (Å²) in [7, 11) is 1.38. The second kappa shape index (κ2) is 5.04. The molecule has 1 heterocycles. The molecule has 0 amide bonds. The number of nitrogens with one attached hydrogen (secondary N) is 1. The fourth-order valence-electron chi connectivity index (χ4n) is 2.26. The zero-order valence-electron chi connectivity index (χ0n) is 10.4. The van der Waals surface area contributed by atoms with Crippen molar-refractivity contribution in [2.75, 3.05) is 12.4 Å². The highest BCUT2D eigenvalue weighted by molar-refractivity contribution is 7.15. The Hall–Kier alpha value is -1.10. The summed E-state index contributed by atoms with van der Waals surface area (Å²) in [5.74, 6) is 0.431. The predicted octanol–water partition coefficient (Wildman–Crippen LogP) is 2.84. The first kappa shape index (κ1) is 12.4. The fourth-order valence-corrected chi connectivity index (χ4v) is 3.14. The van der Waals surface area contributed by atoms with E-state index in [2.05, 4.69) is 17.2 Å². The van der Waals surface area contributed by atoms with Gasteiger partial charge in [0.1, 0.15) is 0 Å². The summed E-state index contributed by atoms with van der Waals surface area (Å²) in [6.45, 7) is 4.17. The van der Waals surface area contributed by atoms with Crippen molar-refractivity contribution < 1.29 is 9.53 Å². The lowest BCUT2D eigenvalue weighted by Crippen LogP contribution is -2.15. The van der Waals surface area contributed by atoms with Gasteiger partial charge >= 0.3 is 5.97 Å². The molecule has 0 bridgehead atoms. The third-order valence-corrected chi connectivity index (χ3v) is 4.10. The van der Waals surface area contributed by atoms with Gasteiger partial charge in [-0.1, -0.05) is 6.92 Å². The van der Waals surface area contributed by atoms with Crippen LogP contribution in [0.5, 0.6) is 0 Å². The Kier molecular flexibility index (Phi) is 3.66. The van der Waals surface area contributed by atoms with E-state index in [1.807, 2.05) is 6.92 Å². The van der Waals surface area contributed by atoms with E-state index < -0.39 is 0 Å². The minimum atomic E-state index is -0.355. The van der Waals surface area contributed by atoms with Gasteiger partial charge in [0.2, 0.25) is 0 Å². The van der Waals surface area contributed by atoms with E-state index in [1.165, 1.54) is 37.7 Å². The fraction of sp³-hybridized carbons (Fsp3) is 0.667. The molecule has 0 aromatic carbocycles. The molecule has 5 heteroatoms. The number of aryl methyl sites for hydroxylation is 1. The maximum absolute atomic E-state index is 11.4. The second-order valence-corrected chi connectivity index (χ2v) is 5.88. The first-order valence-corrected chi connectivity index (χ1v) is 6.74. The quantitative estimate of drug-likeness (QED) is 0.843. The van der Waals surface area contributed by atoms with Gasteiger partial charge in [-0.3, -0.25) is 0 Å². The summed E-state index contributed by atoms with van der Waals surface area (Å²) in [6.07, 6.45) is 3.64. The molecular formula is C12H18N2O2S. The molecule has 1 N–H and O–H groups in total. The number of carbonyl (C=O) groups excluding carboxylic acids is 1. The van der Waals surface area contributed by atoms with Crippen molar-refractivity contribution in [3.63, 3.8) is 0 Å². The first-order valence-electron chi connectivity index (χ1n) is 5.92. The number of methoxy groups -OCH3 is 1. The van der Waals surface area contributed by atoms with Crippen LogP contribution in [-0.2, 0) is 4.74 Å². The average molecular weight is 254 g/mol. The molecular weight excluding hydrogens is 236 g/mol. The molecule has 1 aliphatic rings. The lowest BCUT2D eigenvalue weighted by atomic mass is 10.1. The molecule has 1 aromatic heterocycles. The van der Waals surface area contributed by atoms with Gasteiger partial charge in [0.25, 0.3) is 0 Å². The van der Waals surface area contributed by atoms with Gasteiger partial charge in [-0.05, 0) is 32.1 Å². The van der Waals surface area contributed by atoms with Gasteiger partial charge in [-0.2, -0.15) is 0 Å². The summed E-state index contributed by atoms with van der Waals surface area (Å²) in [5.41, 5.74) is 0.436. The zero-order valence-corrected chi connectivity index (χ0v) is 11.3. The van der Waals surface area contributed by atoms with Gasteiger partial charge in [-0.25, -0.2) is 9.78 Å². The molecule has 94 valence electrons. The summed E-state index contributed by atoms with van der Waals surface area (Å²) in [4.78, 5) is 16.6. The van der Waals surface area contributed by atoms with Crippen molar-refractivity contribution in [2.24, 2.45) is 5.92 Å². The Morgan fingerprint density at radius 2 is 2.29 bits per heavy atom. The molecule has 1 aromatic rings. The molecule has 1 aliphatic carbocycles. The molecule has 1 saturated carbocycles.